The molecule has 1 aromatic heterocycles. The van der Waals surface area contributed by atoms with Gasteiger partial charge in [-0.05, 0) is 30.7 Å². The molecule has 0 saturated heterocycles. The van der Waals surface area contributed by atoms with Gasteiger partial charge in [-0.15, -0.1) is 11.3 Å². The Morgan fingerprint density at radius 3 is 2.71 bits per heavy atom. The number of rotatable bonds is 10. The lowest BCUT2D eigenvalue weighted by Crippen LogP contribution is -2.35. The lowest BCUT2D eigenvalue weighted by Gasteiger charge is -2.15. The minimum atomic E-state index is 0.485. The molecule has 1 heterocycles. The molecular formula is C14H26N2S. The average Bonchev–Trinajstić information content (AvgIpc) is 2.86. The van der Waals surface area contributed by atoms with Crippen LogP contribution in [0, 0.1) is 0 Å². The number of hydrazine groups is 1. The molecule has 0 aliphatic heterocycles. The quantitative estimate of drug-likeness (QED) is 0.378. The van der Waals surface area contributed by atoms with Crippen molar-refractivity contribution < 1.29 is 0 Å². The first-order valence-corrected chi connectivity index (χ1v) is 7.73. The average molecular weight is 254 g/mol. The molecule has 1 rings (SSSR count). The fourth-order valence-electron chi connectivity index (χ4n) is 2.08. The SMILES string of the molecule is CCCCCCCC(CCc1cccs1)NN. The largest absolute Gasteiger partial charge is 0.271 e. The van der Waals surface area contributed by atoms with E-state index in [1.165, 1.54) is 43.4 Å². The highest BCUT2D eigenvalue weighted by molar-refractivity contribution is 7.09. The molecule has 3 N–H and O–H groups in total. The highest BCUT2D eigenvalue weighted by Gasteiger charge is 2.06. The van der Waals surface area contributed by atoms with Crippen LogP contribution in [0.25, 0.3) is 0 Å². The fourth-order valence-corrected chi connectivity index (χ4v) is 2.80. The summed E-state index contributed by atoms with van der Waals surface area (Å²) in [6.07, 6.45) is 10.2. The maximum atomic E-state index is 5.61. The van der Waals surface area contributed by atoms with Gasteiger partial charge in [0.1, 0.15) is 0 Å². The van der Waals surface area contributed by atoms with Crippen LogP contribution in [0.1, 0.15) is 56.7 Å². The van der Waals surface area contributed by atoms with Crippen molar-refractivity contribution in [2.45, 2.75) is 64.3 Å². The number of hydrogen-bond acceptors (Lipinski definition) is 3. The molecule has 17 heavy (non-hydrogen) atoms. The monoisotopic (exact) mass is 254 g/mol. The Labute approximate surface area is 110 Å². The summed E-state index contributed by atoms with van der Waals surface area (Å²) >= 11 is 1.84. The van der Waals surface area contributed by atoms with E-state index in [1.807, 2.05) is 11.3 Å². The van der Waals surface area contributed by atoms with Crippen LogP contribution < -0.4 is 11.3 Å². The van der Waals surface area contributed by atoms with E-state index < -0.39 is 0 Å². The Balaban J connectivity index is 2.07. The summed E-state index contributed by atoms with van der Waals surface area (Å²) in [7, 11) is 0. The fraction of sp³-hybridized carbons (Fsp3) is 0.714. The van der Waals surface area contributed by atoms with Gasteiger partial charge in [0.25, 0.3) is 0 Å². The summed E-state index contributed by atoms with van der Waals surface area (Å²) in [5.74, 6) is 5.61. The molecule has 0 bridgehead atoms. The molecule has 0 amide bonds. The molecule has 0 aliphatic carbocycles. The second kappa shape index (κ2) is 9.63. The standard InChI is InChI=1S/C14H26N2S/c1-2-3-4-5-6-8-13(16-15)10-11-14-9-7-12-17-14/h7,9,12-13,16H,2-6,8,10-11,15H2,1H3. The third-order valence-corrected chi connectivity index (χ3v) is 4.15. The van der Waals surface area contributed by atoms with Gasteiger partial charge in [0.05, 0.1) is 0 Å². The van der Waals surface area contributed by atoms with Gasteiger partial charge >= 0.3 is 0 Å². The zero-order valence-electron chi connectivity index (χ0n) is 11.0. The molecule has 0 aromatic carbocycles. The van der Waals surface area contributed by atoms with Crippen LogP contribution in [-0.4, -0.2) is 6.04 Å². The van der Waals surface area contributed by atoms with Crippen molar-refractivity contribution >= 4 is 11.3 Å². The smallest absolute Gasteiger partial charge is 0.0214 e. The van der Waals surface area contributed by atoms with Crippen molar-refractivity contribution in [1.82, 2.24) is 5.43 Å². The molecule has 98 valence electrons. The van der Waals surface area contributed by atoms with Crippen LogP contribution in [0.2, 0.25) is 0 Å². The van der Waals surface area contributed by atoms with Gasteiger partial charge in [0.2, 0.25) is 0 Å². The molecule has 0 fully saturated rings. The van der Waals surface area contributed by atoms with E-state index in [-0.39, 0.29) is 0 Å². The molecule has 2 nitrogen and oxygen atoms in total. The van der Waals surface area contributed by atoms with Crippen molar-refractivity contribution in [2.24, 2.45) is 5.84 Å². The molecule has 0 spiro atoms. The van der Waals surface area contributed by atoms with E-state index in [0.717, 1.165) is 12.8 Å². The van der Waals surface area contributed by atoms with Crippen LogP contribution >= 0.6 is 11.3 Å². The van der Waals surface area contributed by atoms with Gasteiger partial charge in [0.15, 0.2) is 0 Å². The third-order valence-electron chi connectivity index (χ3n) is 3.21. The van der Waals surface area contributed by atoms with Gasteiger partial charge in [-0.25, -0.2) is 0 Å². The number of nitrogens with two attached hydrogens (primary N) is 1. The Bertz CT molecular complexity index is 259. The molecule has 3 heteroatoms. The van der Waals surface area contributed by atoms with E-state index in [4.69, 9.17) is 5.84 Å². The normalized spacial score (nSPS) is 12.8. The van der Waals surface area contributed by atoms with E-state index in [0.29, 0.717) is 6.04 Å². The molecular weight excluding hydrogens is 228 g/mol. The van der Waals surface area contributed by atoms with Crippen molar-refractivity contribution in [3.05, 3.63) is 22.4 Å². The highest BCUT2D eigenvalue weighted by Crippen LogP contribution is 2.14. The van der Waals surface area contributed by atoms with E-state index in [9.17, 15) is 0 Å². The Hall–Kier alpha value is -0.380. The van der Waals surface area contributed by atoms with Crippen molar-refractivity contribution in [2.75, 3.05) is 0 Å². The van der Waals surface area contributed by atoms with Crippen LogP contribution in [0.3, 0.4) is 0 Å². The summed E-state index contributed by atoms with van der Waals surface area (Å²) in [5.41, 5.74) is 2.96. The number of aryl methyl sites for hydroxylation is 1. The second-order valence-electron chi connectivity index (χ2n) is 4.68. The van der Waals surface area contributed by atoms with Crippen molar-refractivity contribution in [3.8, 4) is 0 Å². The van der Waals surface area contributed by atoms with Crippen LogP contribution in [0.15, 0.2) is 17.5 Å². The summed E-state index contributed by atoms with van der Waals surface area (Å²) < 4.78 is 0. The van der Waals surface area contributed by atoms with Gasteiger partial charge in [0, 0.05) is 10.9 Å². The number of hydrogen-bond donors (Lipinski definition) is 2. The first-order valence-electron chi connectivity index (χ1n) is 6.85. The summed E-state index contributed by atoms with van der Waals surface area (Å²) in [5, 5.41) is 2.14. The van der Waals surface area contributed by atoms with Gasteiger partial charge < -0.3 is 0 Å². The summed E-state index contributed by atoms with van der Waals surface area (Å²) in [4.78, 5) is 1.47. The number of unbranched alkanes of at least 4 members (excludes halogenated alkanes) is 4. The minimum absolute atomic E-state index is 0.485. The van der Waals surface area contributed by atoms with Crippen LogP contribution in [0.5, 0.6) is 0 Å². The minimum Gasteiger partial charge on any atom is -0.271 e. The highest BCUT2D eigenvalue weighted by atomic mass is 32.1. The van der Waals surface area contributed by atoms with E-state index in [1.54, 1.807) is 0 Å². The number of thiophene rings is 1. The Morgan fingerprint density at radius 1 is 1.24 bits per heavy atom. The van der Waals surface area contributed by atoms with E-state index in [2.05, 4.69) is 29.9 Å². The molecule has 0 saturated carbocycles. The molecule has 1 unspecified atom stereocenters. The van der Waals surface area contributed by atoms with Crippen molar-refractivity contribution in [1.29, 1.82) is 0 Å². The van der Waals surface area contributed by atoms with Gasteiger partial charge in [-0.3, -0.25) is 11.3 Å². The Kier molecular flexibility index (Phi) is 8.32. The zero-order valence-corrected chi connectivity index (χ0v) is 11.8. The van der Waals surface area contributed by atoms with Gasteiger partial charge in [-0.2, -0.15) is 0 Å². The third kappa shape index (κ3) is 6.81. The molecule has 0 aliphatic rings. The molecule has 1 aromatic rings. The maximum Gasteiger partial charge on any atom is 0.0214 e. The molecule has 1 atom stereocenters. The first kappa shape index (κ1) is 14.7. The van der Waals surface area contributed by atoms with Crippen molar-refractivity contribution in [3.63, 3.8) is 0 Å². The first-order chi connectivity index (χ1) is 8.36. The van der Waals surface area contributed by atoms with Crippen LogP contribution in [-0.2, 0) is 6.42 Å². The summed E-state index contributed by atoms with van der Waals surface area (Å²) in [6, 6.07) is 4.81. The van der Waals surface area contributed by atoms with E-state index >= 15 is 0 Å². The second-order valence-corrected chi connectivity index (χ2v) is 5.72. The topological polar surface area (TPSA) is 38.0 Å². The van der Waals surface area contributed by atoms with Gasteiger partial charge in [-0.1, -0.05) is 45.1 Å². The predicted octanol–water partition coefficient (Wildman–Crippen LogP) is 3.87. The Morgan fingerprint density at radius 2 is 2.06 bits per heavy atom. The summed E-state index contributed by atoms with van der Waals surface area (Å²) in [6.45, 7) is 2.26. The lowest BCUT2D eigenvalue weighted by molar-refractivity contribution is 0.440. The lowest BCUT2D eigenvalue weighted by atomic mass is 10.0. The maximum absolute atomic E-state index is 5.61. The predicted molar refractivity (Wildman–Crippen MR) is 77.1 cm³/mol. The number of nitrogens with one attached hydrogen (secondary N) is 1. The van der Waals surface area contributed by atoms with Crippen LogP contribution in [0.4, 0.5) is 0 Å². The molecule has 0 radical (unpaired) electrons. The zero-order chi connectivity index (χ0) is 12.3.